The maximum absolute atomic E-state index is 11.2. The molecule has 21 heavy (non-hydrogen) atoms. The molecule has 1 unspecified atom stereocenters. The van der Waals surface area contributed by atoms with Gasteiger partial charge in [0, 0.05) is 25.2 Å². The Morgan fingerprint density at radius 2 is 2.14 bits per heavy atom. The van der Waals surface area contributed by atoms with Crippen molar-refractivity contribution in [3.63, 3.8) is 0 Å². The van der Waals surface area contributed by atoms with E-state index >= 15 is 0 Å². The van der Waals surface area contributed by atoms with Crippen LogP contribution in [0, 0.1) is 17.0 Å². The fourth-order valence-corrected chi connectivity index (χ4v) is 2.52. The Morgan fingerprint density at radius 1 is 1.52 bits per heavy atom. The van der Waals surface area contributed by atoms with Gasteiger partial charge in [-0.1, -0.05) is 0 Å². The van der Waals surface area contributed by atoms with Crippen LogP contribution in [0.1, 0.15) is 11.3 Å². The fourth-order valence-electron chi connectivity index (χ4n) is 2.52. The van der Waals surface area contributed by atoms with Gasteiger partial charge in [-0.15, -0.1) is 0 Å². The Balaban J connectivity index is 2.80. The van der Waals surface area contributed by atoms with Gasteiger partial charge in [0.2, 0.25) is 0 Å². The van der Waals surface area contributed by atoms with Crippen LogP contribution >= 0.6 is 0 Å². The average Bonchev–Trinajstić information content (AvgIpc) is 2.64. The molecule has 0 fully saturated rings. The van der Waals surface area contributed by atoms with Gasteiger partial charge in [0.1, 0.15) is 6.04 Å². The van der Waals surface area contributed by atoms with E-state index in [4.69, 9.17) is 16.6 Å². The quantitative estimate of drug-likeness (QED) is 0.435. The van der Waals surface area contributed by atoms with Gasteiger partial charge in [-0.05, 0) is 18.6 Å². The number of carbonyl (C=O) groups is 1. The number of nitro groups is 1. The molecule has 112 valence electrons. The number of hydrogen-bond acceptors (Lipinski definition) is 5. The standard InChI is InChI=1S/C13H16N4O4/c1-6-7(5-9(15)13(18)19)11-10(17(20)21)4-3-8(14)12(11)16(6)2/h3-4,9H,5,14-15H2,1-2H3,(H,18,19). The van der Waals surface area contributed by atoms with Crippen LogP contribution in [-0.2, 0) is 18.3 Å². The van der Waals surface area contributed by atoms with Crippen molar-refractivity contribution in [3.05, 3.63) is 33.5 Å². The van der Waals surface area contributed by atoms with Crippen molar-refractivity contribution >= 4 is 28.2 Å². The molecule has 0 amide bonds. The molecule has 0 saturated heterocycles. The summed E-state index contributed by atoms with van der Waals surface area (Å²) in [6.07, 6.45) is 0.00278. The number of nitrogens with zero attached hydrogens (tertiary/aromatic N) is 2. The fraction of sp³-hybridized carbons (Fsp3) is 0.308. The molecule has 8 nitrogen and oxygen atoms in total. The molecule has 0 aliphatic rings. The van der Waals surface area contributed by atoms with Gasteiger partial charge in [-0.3, -0.25) is 14.9 Å². The molecule has 5 N–H and O–H groups in total. The first-order valence-corrected chi connectivity index (χ1v) is 6.24. The lowest BCUT2D eigenvalue weighted by Gasteiger charge is -2.07. The first kappa shape index (κ1) is 14.8. The summed E-state index contributed by atoms with van der Waals surface area (Å²) in [5, 5.41) is 20.5. The molecule has 2 aromatic rings. The van der Waals surface area contributed by atoms with Crippen LogP contribution in [-0.4, -0.2) is 26.6 Å². The molecule has 0 bridgehead atoms. The largest absolute Gasteiger partial charge is 0.480 e. The van der Waals surface area contributed by atoms with E-state index in [2.05, 4.69) is 0 Å². The Hall–Kier alpha value is -2.61. The highest BCUT2D eigenvalue weighted by molar-refractivity contribution is 6.00. The molecule has 1 atom stereocenters. The molecule has 0 aliphatic carbocycles. The van der Waals surface area contributed by atoms with Gasteiger partial charge >= 0.3 is 5.97 Å². The average molecular weight is 292 g/mol. The van der Waals surface area contributed by atoms with E-state index in [0.29, 0.717) is 27.8 Å². The molecule has 1 aromatic heterocycles. The minimum Gasteiger partial charge on any atom is -0.480 e. The number of benzene rings is 1. The first-order valence-electron chi connectivity index (χ1n) is 6.24. The zero-order chi connectivity index (χ0) is 15.9. The molecule has 0 aliphatic heterocycles. The van der Waals surface area contributed by atoms with Gasteiger partial charge in [0.15, 0.2) is 0 Å². The number of rotatable bonds is 4. The maximum Gasteiger partial charge on any atom is 0.320 e. The number of aromatic nitrogens is 1. The van der Waals surface area contributed by atoms with E-state index in [1.54, 1.807) is 18.5 Å². The van der Waals surface area contributed by atoms with E-state index < -0.39 is 16.9 Å². The number of fused-ring (bicyclic) bond motifs is 1. The molecular weight excluding hydrogens is 276 g/mol. The van der Waals surface area contributed by atoms with E-state index in [9.17, 15) is 14.9 Å². The molecular formula is C13H16N4O4. The number of nitrogen functional groups attached to an aromatic ring is 1. The zero-order valence-electron chi connectivity index (χ0n) is 11.7. The second-order valence-corrected chi connectivity index (χ2v) is 4.93. The van der Waals surface area contributed by atoms with Gasteiger partial charge in [0.25, 0.3) is 5.69 Å². The summed E-state index contributed by atoms with van der Waals surface area (Å²) in [5.41, 5.74) is 13.6. The predicted molar refractivity (Wildman–Crippen MR) is 78.0 cm³/mol. The summed E-state index contributed by atoms with van der Waals surface area (Å²) in [6, 6.07) is 1.67. The lowest BCUT2D eigenvalue weighted by molar-refractivity contribution is -0.383. The Morgan fingerprint density at radius 3 is 2.67 bits per heavy atom. The number of nitrogens with two attached hydrogens (primary N) is 2. The van der Waals surface area contributed by atoms with Crippen LogP contribution in [0.3, 0.4) is 0 Å². The minimum absolute atomic E-state index is 0.00278. The van der Waals surface area contributed by atoms with Gasteiger partial charge in [-0.2, -0.15) is 0 Å². The smallest absolute Gasteiger partial charge is 0.320 e. The van der Waals surface area contributed by atoms with Crippen molar-refractivity contribution < 1.29 is 14.8 Å². The van der Waals surface area contributed by atoms with Gasteiger partial charge < -0.3 is 21.1 Å². The lowest BCUT2D eigenvalue weighted by Crippen LogP contribution is -2.32. The topological polar surface area (TPSA) is 137 Å². The number of carboxylic acids is 1. The van der Waals surface area contributed by atoms with Gasteiger partial charge in [0.05, 0.1) is 21.5 Å². The van der Waals surface area contributed by atoms with E-state index in [0.717, 1.165) is 0 Å². The van der Waals surface area contributed by atoms with Crippen LogP contribution in [0.15, 0.2) is 12.1 Å². The van der Waals surface area contributed by atoms with Crippen molar-refractivity contribution in [3.8, 4) is 0 Å². The minimum atomic E-state index is -1.15. The van der Waals surface area contributed by atoms with Crippen LogP contribution in [0.2, 0.25) is 0 Å². The van der Waals surface area contributed by atoms with Crippen molar-refractivity contribution in [1.82, 2.24) is 4.57 Å². The molecule has 0 saturated carbocycles. The summed E-state index contributed by atoms with van der Waals surface area (Å²) < 4.78 is 1.72. The van der Waals surface area contributed by atoms with Crippen LogP contribution in [0.5, 0.6) is 0 Å². The molecule has 2 rings (SSSR count). The second kappa shape index (κ2) is 5.06. The molecule has 1 aromatic carbocycles. The first-order chi connectivity index (χ1) is 9.75. The van der Waals surface area contributed by atoms with Crippen LogP contribution in [0.25, 0.3) is 10.9 Å². The molecule has 0 spiro atoms. The van der Waals surface area contributed by atoms with E-state index in [-0.39, 0.29) is 12.1 Å². The summed E-state index contributed by atoms with van der Waals surface area (Å²) in [4.78, 5) is 21.7. The lowest BCUT2D eigenvalue weighted by atomic mass is 10.0. The third kappa shape index (κ3) is 2.29. The summed E-state index contributed by atoms with van der Waals surface area (Å²) in [5.74, 6) is -1.15. The Kier molecular flexibility index (Phi) is 3.56. The van der Waals surface area contributed by atoms with Crippen molar-refractivity contribution in [2.75, 3.05) is 5.73 Å². The number of aliphatic carboxylic acids is 1. The number of hydrogen-bond donors (Lipinski definition) is 3. The second-order valence-electron chi connectivity index (χ2n) is 4.93. The van der Waals surface area contributed by atoms with E-state index in [1.807, 2.05) is 0 Å². The molecule has 0 radical (unpaired) electrons. The van der Waals surface area contributed by atoms with Crippen molar-refractivity contribution in [1.29, 1.82) is 0 Å². The highest BCUT2D eigenvalue weighted by Crippen LogP contribution is 2.36. The normalized spacial score (nSPS) is 12.5. The van der Waals surface area contributed by atoms with Crippen molar-refractivity contribution in [2.24, 2.45) is 12.8 Å². The Bertz CT molecular complexity index is 750. The van der Waals surface area contributed by atoms with Gasteiger partial charge in [-0.25, -0.2) is 0 Å². The number of nitro benzene ring substituents is 1. The number of non-ortho nitro benzene ring substituents is 1. The highest BCUT2D eigenvalue weighted by atomic mass is 16.6. The van der Waals surface area contributed by atoms with Crippen LogP contribution < -0.4 is 11.5 Å². The number of anilines is 1. The third-order valence-electron chi connectivity index (χ3n) is 3.70. The van der Waals surface area contributed by atoms with Crippen LogP contribution in [0.4, 0.5) is 11.4 Å². The zero-order valence-corrected chi connectivity index (χ0v) is 11.7. The summed E-state index contributed by atoms with van der Waals surface area (Å²) in [7, 11) is 1.73. The number of aryl methyl sites for hydroxylation is 1. The predicted octanol–water partition coefficient (Wildman–Crippen LogP) is 0.932. The molecule has 1 heterocycles. The van der Waals surface area contributed by atoms with Crippen molar-refractivity contribution in [2.45, 2.75) is 19.4 Å². The number of carboxylic acid groups (broad SMARTS) is 1. The highest BCUT2D eigenvalue weighted by Gasteiger charge is 2.25. The Labute approximate surface area is 120 Å². The molecule has 8 heteroatoms. The van der Waals surface area contributed by atoms with E-state index in [1.165, 1.54) is 12.1 Å². The third-order valence-corrected chi connectivity index (χ3v) is 3.70. The summed E-state index contributed by atoms with van der Waals surface area (Å²) >= 11 is 0. The monoisotopic (exact) mass is 292 g/mol. The SMILES string of the molecule is Cc1c(CC(N)C(=O)O)c2c([N+](=O)[O-])ccc(N)c2n1C. The maximum atomic E-state index is 11.2. The summed E-state index contributed by atoms with van der Waals surface area (Å²) in [6.45, 7) is 1.76.